The summed E-state index contributed by atoms with van der Waals surface area (Å²) in [6.07, 6.45) is 1.16. The van der Waals surface area contributed by atoms with Crippen LogP contribution < -0.4 is 4.72 Å². The van der Waals surface area contributed by atoms with E-state index < -0.39 is 15.6 Å². The molecule has 1 aromatic heterocycles. The lowest BCUT2D eigenvalue weighted by atomic mass is 10.1. The molecule has 0 atom stereocenters. The smallest absolute Gasteiger partial charge is 0.209 e. The number of imidazole rings is 1. The molecule has 0 aliphatic carbocycles. The average Bonchev–Trinajstić information content (AvgIpc) is 2.64. The number of rotatable bonds is 5. The number of para-hydroxylation sites is 1. The van der Waals surface area contributed by atoms with Crippen LogP contribution in [0.15, 0.2) is 18.2 Å². The molecule has 2 rings (SSSR count). The first-order chi connectivity index (χ1) is 9.63. The summed E-state index contributed by atoms with van der Waals surface area (Å²) in [6.45, 7) is 6.16. The van der Waals surface area contributed by atoms with Gasteiger partial charge in [0.05, 0.1) is 23.2 Å². The molecule has 1 aromatic carbocycles. The summed E-state index contributed by atoms with van der Waals surface area (Å²) in [4.78, 5) is 4.53. The van der Waals surface area contributed by atoms with Gasteiger partial charge in [0, 0.05) is 12.1 Å². The summed E-state index contributed by atoms with van der Waals surface area (Å²) < 4.78 is 27.6. The van der Waals surface area contributed by atoms with Crippen molar-refractivity contribution in [3.05, 3.63) is 29.6 Å². The predicted octanol–water partition coefficient (Wildman–Crippen LogP) is 2.41. The van der Waals surface area contributed by atoms with E-state index in [0.29, 0.717) is 6.54 Å². The van der Waals surface area contributed by atoms with Crippen molar-refractivity contribution >= 4 is 32.7 Å². The third kappa shape index (κ3) is 3.75. The number of hydrogen-bond acceptors (Lipinski definition) is 3. The van der Waals surface area contributed by atoms with E-state index >= 15 is 0 Å². The molecule has 0 saturated carbocycles. The lowest BCUT2D eigenvalue weighted by Crippen LogP contribution is -2.46. The van der Waals surface area contributed by atoms with E-state index in [1.54, 1.807) is 0 Å². The second-order valence-corrected chi connectivity index (χ2v) is 7.96. The Hall–Kier alpha value is -1.11. The molecule has 116 valence electrons. The van der Waals surface area contributed by atoms with Crippen molar-refractivity contribution < 1.29 is 8.42 Å². The first-order valence-corrected chi connectivity index (χ1v) is 9.05. The van der Waals surface area contributed by atoms with E-state index in [-0.39, 0.29) is 5.88 Å². The molecular formula is C14H20ClN3O2S. The summed E-state index contributed by atoms with van der Waals surface area (Å²) in [6, 6.07) is 5.90. The van der Waals surface area contributed by atoms with Gasteiger partial charge in [0.2, 0.25) is 10.0 Å². The number of aromatic nitrogens is 2. The minimum atomic E-state index is -3.28. The third-order valence-corrected chi connectivity index (χ3v) is 4.34. The highest BCUT2D eigenvalue weighted by molar-refractivity contribution is 7.88. The molecule has 21 heavy (non-hydrogen) atoms. The molecule has 1 N–H and O–H groups in total. The van der Waals surface area contributed by atoms with Crippen LogP contribution in [-0.2, 0) is 22.4 Å². The summed E-state index contributed by atoms with van der Waals surface area (Å²) in [7, 11) is -3.28. The SMILES string of the molecule is Cc1cccc2nc(CCl)n(CC(C)(C)NS(C)(=O)=O)c12. The molecule has 7 heteroatoms. The highest BCUT2D eigenvalue weighted by Crippen LogP contribution is 2.23. The zero-order valence-electron chi connectivity index (χ0n) is 12.6. The highest BCUT2D eigenvalue weighted by atomic mass is 35.5. The lowest BCUT2D eigenvalue weighted by Gasteiger charge is -2.27. The number of halogens is 1. The first kappa shape index (κ1) is 16.3. The summed E-state index contributed by atoms with van der Waals surface area (Å²) >= 11 is 6.00. The zero-order chi connectivity index (χ0) is 15.8. The lowest BCUT2D eigenvalue weighted by molar-refractivity contribution is 0.391. The molecule has 2 aromatic rings. The van der Waals surface area contributed by atoms with Crippen LogP contribution in [-0.4, -0.2) is 29.8 Å². The van der Waals surface area contributed by atoms with Gasteiger partial charge in [0.25, 0.3) is 0 Å². The molecule has 0 radical (unpaired) electrons. The van der Waals surface area contributed by atoms with Gasteiger partial charge in [-0.2, -0.15) is 0 Å². The number of benzene rings is 1. The number of aryl methyl sites for hydroxylation is 1. The Balaban J connectivity index is 2.50. The zero-order valence-corrected chi connectivity index (χ0v) is 14.2. The number of nitrogens with one attached hydrogen (secondary N) is 1. The van der Waals surface area contributed by atoms with E-state index in [1.165, 1.54) is 0 Å². The molecule has 0 spiro atoms. The Kier molecular flexibility index (Phi) is 4.33. The van der Waals surface area contributed by atoms with E-state index in [0.717, 1.165) is 28.7 Å². The maximum atomic E-state index is 11.5. The van der Waals surface area contributed by atoms with Crippen LogP contribution in [0.2, 0.25) is 0 Å². The first-order valence-electron chi connectivity index (χ1n) is 6.62. The predicted molar refractivity (Wildman–Crippen MR) is 86.1 cm³/mol. The van der Waals surface area contributed by atoms with Crippen LogP contribution in [0.3, 0.4) is 0 Å². The van der Waals surface area contributed by atoms with Crippen molar-refractivity contribution in [2.24, 2.45) is 0 Å². The molecular weight excluding hydrogens is 310 g/mol. The minimum Gasteiger partial charge on any atom is -0.325 e. The van der Waals surface area contributed by atoms with Crippen LogP contribution in [0.1, 0.15) is 25.2 Å². The summed E-state index contributed by atoms with van der Waals surface area (Å²) in [5, 5.41) is 0. The topological polar surface area (TPSA) is 64.0 Å². The molecule has 1 heterocycles. The van der Waals surface area contributed by atoms with Gasteiger partial charge in [0.1, 0.15) is 5.82 Å². The number of alkyl halides is 1. The number of hydrogen-bond donors (Lipinski definition) is 1. The Morgan fingerprint density at radius 1 is 1.38 bits per heavy atom. The highest BCUT2D eigenvalue weighted by Gasteiger charge is 2.25. The van der Waals surface area contributed by atoms with Crippen molar-refractivity contribution in [3.63, 3.8) is 0 Å². The van der Waals surface area contributed by atoms with Gasteiger partial charge in [-0.05, 0) is 32.4 Å². The van der Waals surface area contributed by atoms with Crippen LogP contribution >= 0.6 is 11.6 Å². The molecule has 0 aliphatic rings. The number of nitrogens with zero attached hydrogens (tertiary/aromatic N) is 2. The van der Waals surface area contributed by atoms with Gasteiger partial charge in [-0.1, -0.05) is 12.1 Å². The Morgan fingerprint density at radius 2 is 2.05 bits per heavy atom. The van der Waals surface area contributed by atoms with Crippen molar-refractivity contribution in [3.8, 4) is 0 Å². The fraction of sp³-hybridized carbons (Fsp3) is 0.500. The Morgan fingerprint density at radius 3 is 2.62 bits per heavy atom. The average molecular weight is 330 g/mol. The Labute approximate surface area is 130 Å². The van der Waals surface area contributed by atoms with E-state index in [4.69, 9.17) is 11.6 Å². The number of fused-ring (bicyclic) bond motifs is 1. The van der Waals surface area contributed by atoms with Gasteiger partial charge in [-0.25, -0.2) is 18.1 Å². The van der Waals surface area contributed by atoms with E-state index in [2.05, 4.69) is 9.71 Å². The maximum absolute atomic E-state index is 11.5. The Bertz CT molecular complexity index is 766. The molecule has 5 nitrogen and oxygen atoms in total. The third-order valence-electron chi connectivity index (χ3n) is 3.18. The molecule has 0 amide bonds. The van der Waals surface area contributed by atoms with Gasteiger partial charge in [-0.3, -0.25) is 0 Å². The molecule has 0 unspecified atom stereocenters. The van der Waals surface area contributed by atoms with Crippen LogP contribution in [0.4, 0.5) is 0 Å². The van der Waals surface area contributed by atoms with Crippen molar-refractivity contribution in [1.82, 2.24) is 14.3 Å². The second-order valence-electron chi connectivity index (χ2n) is 5.95. The molecule has 0 bridgehead atoms. The van der Waals surface area contributed by atoms with Crippen LogP contribution in [0, 0.1) is 6.92 Å². The molecule has 0 aliphatic heterocycles. The standard InChI is InChI=1S/C14H20ClN3O2S/c1-10-6-5-7-11-13(10)18(12(8-15)16-11)9-14(2,3)17-21(4,19)20/h5-7,17H,8-9H2,1-4H3. The van der Waals surface area contributed by atoms with Gasteiger partial charge < -0.3 is 4.57 Å². The molecule has 0 fully saturated rings. The van der Waals surface area contributed by atoms with Crippen molar-refractivity contribution in [2.75, 3.05) is 6.26 Å². The van der Waals surface area contributed by atoms with E-state index in [9.17, 15) is 8.42 Å². The monoisotopic (exact) mass is 329 g/mol. The van der Waals surface area contributed by atoms with Gasteiger partial charge in [-0.15, -0.1) is 11.6 Å². The fourth-order valence-electron chi connectivity index (χ4n) is 2.62. The maximum Gasteiger partial charge on any atom is 0.209 e. The summed E-state index contributed by atoms with van der Waals surface area (Å²) in [5.74, 6) is 1.02. The largest absolute Gasteiger partial charge is 0.325 e. The van der Waals surface area contributed by atoms with E-state index in [1.807, 2.05) is 43.5 Å². The fourth-order valence-corrected chi connectivity index (χ4v) is 3.89. The van der Waals surface area contributed by atoms with Crippen LogP contribution in [0.5, 0.6) is 0 Å². The summed E-state index contributed by atoms with van der Waals surface area (Å²) in [5.41, 5.74) is 2.33. The van der Waals surface area contributed by atoms with Gasteiger partial charge in [0.15, 0.2) is 0 Å². The normalized spacial score (nSPS) is 13.0. The quantitative estimate of drug-likeness (QED) is 0.857. The molecule has 0 saturated heterocycles. The second kappa shape index (κ2) is 5.59. The van der Waals surface area contributed by atoms with Crippen LogP contribution in [0.25, 0.3) is 11.0 Å². The van der Waals surface area contributed by atoms with Crippen molar-refractivity contribution in [2.45, 2.75) is 38.7 Å². The minimum absolute atomic E-state index is 0.281. The number of sulfonamides is 1. The van der Waals surface area contributed by atoms with Crippen molar-refractivity contribution in [1.29, 1.82) is 0 Å². The van der Waals surface area contributed by atoms with Gasteiger partial charge >= 0.3 is 0 Å².